The first-order chi connectivity index (χ1) is 13.0. The van der Waals surface area contributed by atoms with Gasteiger partial charge in [-0.1, -0.05) is 0 Å². The molecule has 2 aromatic rings. The van der Waals surface area contributed by atoms with Crippen LogP contribution in [0.5, 0.6) is 5.75 Å². The fourth-order valence-electron chi connectivity index (χ4n) is 2.07. The molecule has 0 saturated heterocycles. The number of benzene rings is 1. The van der Waals surface area contributed by atoms with Crippen molar-refractivity contribution in [3.05, 3.63) is 41.2 Å². The molecule has 0 fully saturated rings. The topological polar surface area (TPSA) is 82.0 Å². The van der Waals surface area contributed by atoms with Gasteiger partial charge in [-0.25, -0.2) is 14.4 Å². The first-order valence-corrected chi connectivity index (χ1v) is 9.56. The maximum Gasteiger partial charge on any atom is 0.191 e. The summed E-state index contributed by atoms with van der Waals surface area (Å²) in [6.45, 7) is 3.48. The smallest absolute Gasteiger partial charge is 0.191 e. The highest BCUT2D eigenvalue weighted by atomic mass is 127. The van der Waals surface area contributed by atoms with Crippen LogP contribution in [0.2, 0.25) is 0 Å². The summed E-state index contributed by atoms with van der Waals surface area (Å²) in [4.78, 5) is 10.9. The molecule has 10 heteroatoms. The van der Waals surface area contributed by atoms with Crippen LogP contribution >= 0.6 is 35.3 Å². The Morgan fingerprint density at radius 3 is 2.64 bits per heavy atom. The summed E-state index contributed by atoms with van der Waals surface area (Å²) in [5.74, 6) is 0.780. The van der Waals surface area contributed by atoms with Crippen molar-refractivity contribution in [2.75, 3.05) is 38.7 Å². The number of nitrogens with one attached hydrogen (secondary N) is 2. The molecule has 156 valence electrons. The van der Waals surface area contributed by atoms with E-state index in [1.165, 1.54) is 24.3 Å². The molecule has 28 heavy (non-hydrogen) atoms. The number of aliphatic hydroxyl groups is 1. The number of rotatable bonds is 9. The number of aliphatic hydroxyl groups excluding tert-OH is 1. The quantitative estimate of drug-likeness (QED) is 0.266. The Kier molecular flexibility index (Phi) is 11.1. The Morgan fingerprint density at radius 1 is 1.32 bits per heavy atom. The molecule has 1 aromatic heterocycles. The third-order valence-electron chi connectivity index (χ3n) is 3.43. The van der Waals surface area contributed by atoms with Gasteiger partial charge in [0.25, 0.3) is 0 Å². The largest absolute Gasteiger partial charge is 0.491 e. The van der Waals surface area contributed by atoms with Crippen LogP contribution in [0, 0.1) is 5.82 Å². The molecule has 0 spiro atoms. The van der Waals surface area contributed by atoms with Crippen molar-refractivity contribution < 1.29 is 14.2 Å². The van der Waals surface area contributed by atoms with Gasteiger partial charge in [0.15, 0.2) is 11.1 Å². The van der Waals surface area contributed by atoms with Gasteiger partial charge in [-0.2, -0.15) is 0 Å². The van der Waals surface area contributed by atoms with Crippen LogP contribution in [0.3, 0.4) is 0 Å². The number of nitrogens with zero attached hydrogens (tertiary/aromatic N) is 3. The van der Waals surface area contributed by atoms with Crippen LogP contribution in [0.1, 0.15) is 12.6 Å². The van der Waals surface area contributed by atoms with E-state index < -0.39 is 6.10 Å². The number of thiazole rings is 1. The van der Waals surface area contributed by atoms with Crippen LogP contribution < -0.4 is 20.3 Å². The molecule has 3 N–H and O–H groups in total. The Hall–Kier alpha value is -1.66. The molecule has 1 unspecified atom stereocenters. The Labute approximate surface area is 186 Å². The minimum absolute atomic E-state index is 0. The highest BCUT2D eigenvalue weighted by Gasteiger charge is 2.08. The number of ether oxygens (including phenoxy) is 1. The Morgan fingerprint density at radius 2 is 2.04 bits per heavy atom. The van der Waals surface area contributed by atoms with Crippen molar-refractivity contribution in [3.8, 4) is 5.75 Å². The van der Waals surface area contributed by atoms with Gasteiger partial charge in [0, 0.05) is 32.6 Å². The highest BCUT2D eigenvalue weighted by Crippen LogP contribution is 2.18. The Bertz CT molecular complexity index is 727. The zero-order valence-electron chi connectivity index (χ0n) is 16.2. The predicted octanol–water partition coefficient (Wildman–Crippen LogP) is 2.46. The lowest BCUT2D eigenvalue weighted by atomic mass is 10.3. The van der Waals surface area contributed by atoms with Crippen molar-refractivity contribution in [1.29, 1.82) is 0 Å². The van der Waals surface area contributed by atoms with E-state index >= 15 is 0 Å². The summed E-state index contributed by atoms with van der Waals surface area (Å²) in [6, 6.07) is 5.68. The van der Waals surface area contributed by atoms with Gasteiger partial charge in [-0.3, -0.25) is 0 Å². The van der Waals surface area contributed by atoms with Crippen LogP contribution in [-0.4, -0.2) is 55.9 Å². The van der Waals surface area contributed by atoms with Gasteiger partial charge in [-0.05, 0) is 31.2 Å². The van der Waals surface area contributed by atoms with Gasteiger partial charge < -0.3 is 25.4 Å². The van der Waals surface area contributed by atoms with Gasteiger partial charge in [0.2, 0.25) is 0 Å². The number of guanidine groups is 1. The standard InChI is InChI=1S/C18H26FN5O2S.HI/c1-4-20-17(21-9-14-12-27-18(23-14)24(2)3)22-10-15(25)11-26-16-7-5-13(19)6-8-16;/h5-8,12,15,25H,4,9-11H2,1-3H3,(H2,20,21,22);1H. The van der Waals surface area contributed by atoms with Gasteiger partial charge in [-0.15, -0.1) is 35.3 Å². The fraction of sp³-hybridized carbons (Fsp3) is 0.444. The second-order valence-electron chi connectivity index (χ2n) is 6.01. The highest BCUT2D eigenvalue weighted by molar-refractivity contribution is 14.0. The second-order valence-corrected chi connectivity index (χ2v) is 6.85. The van der Waals surface area contributed by atoms with Gasteiger partial charge in [0.1, 0.15) is 24.3 Å². The van der Waals surface area contributed by atoms with Crippen molar-refractivity contribution in [2.45, 2.75) is 19.6 Å². The fourth-order valence-corrected chi connectivity index (χ4v) is 2.82. The van der Waals surface area contributed by atoms with E-state index in [4.69, 9.17) is 4.74 Å². The van der Waals surface area contributed by atoms with Crippen molar-refractivity contribution >= 4 is 46.4 Å². The Balaban J connectivity index is 0.00000392. The van der Waals surface area contributed by atoms with E-state index in [1.54, 1.807) is 11.3 Å². The SMILES string of the molecule is CCNC(=NCc1csc(N(C)C)n1)NCC(O)COc1ccc(F)cc1.I. The third kappa shape index (κ3) is 8.57. The zero-order chi connectivity index (χ0) is 19.6. The van der Waals surface area contributed by atoms with Crippen molar-refractivity contribution in [2.24, 2.45) is 4.99 Å². The molecule has 7 nitrogen and oxygen atoms in total. The summed E-state index contributed by atoms with van der Waals surface area (Å²) in [5.41, 5.74) is 0.890. The molecule has 1 heterocycles. The van der Waals surface area contributed by atoms with Gasteiger partial charge >= 0.3 is 0 Å². The second kappa shape index (κ2) is 12.7. The molecule has 0 aliphatic carbocycles. The van der Waals surface area contributed by atoms with Crippen molar-refractivity contribution in [3.63, 3.8) is 0 Å². The molecule has 0 aliphatic rings. The molecule has 2 rings (SSSR count). The minimum Gasteiger partial charge on any atom is -0.491 e. The number of anilines is 1. The molecular formula is C18H27FIN5O2S. The molecule has 1 atom stereocenters. The maximum atomic E-state index is 12.9. The lowest BCUT2D eigenvalue weighted by Gasteiger charge is -2.16. The molecule has 0 amide bonds. The third-order valence-corrected chi connectivity index (χ3v) is 4.48. The molecule has 0 aliphatic heterocycles. The zero-order valence-corrected chi connectivity index (χ0v) is 19.3. The normalized spacial score (nSPS) is 12.1. The van der Waals surface area contributed by atoms with Crippen LogP contribution in [-0.2, 0) is 6.54 Å². The number of aromatic nitrogens is 1. The first-order valence-electron chi connectivity index (χ1n) is 8.68. The number of hydrogen-bond acceptors (Lipinski definition) is 6. The maximum absolute atomic E-state index is 12.9. The van der Waals surface area contributed by atoms with Crippen molar-refractivity contribution in [1.82, 2.24) is 15.6 Å². The molecule has 0 bridgehead atoms. The summed E-state index contributed by atoms with van der Waals surface area (Å²) in [6.07, 6.45) is -0.737. The molecular weight excluding hydrogens is 496 g/mol. The average Bonchev–Trinajstić information content (AvgIpc) is 3.13. The van der Waals surface area contributed by atoms with E-state index in [-0.39, 0.29) is 42.9 Å². The lowest BCUT2D eigenvalue weighted by Crippen LogP contribution is -2.42. The number of halogens is 2. The van der Waals surface area contributed by atoms with Crippen LogP contribution in [0.4, 0.5) is 9.52 Å². The van der Waals surface area contributed by atoms with E-state index in [0.717, 1.165) is 10.8 Å². The number of aliphatic imine (C=N–C) groups is 1. The predicted molar refractivity (Wildman–Crippen MR) is 123 cm³/mol. The van der Waals surface area contributed by atoms with E-state index in [9.17, 15) is 9.50 Å². The summed E-state index contributed by atoms with van der Waals surface area (Å²) >= 11 is 1.57. The van der Waals surface area contributed by atoms with E-state index in [0.29, 0.717) is 24.8 Å². The lowest BCUT2D eigenvalue weighted by molar-refractivity contribution is 0.110. The van der Waals surface area contributed by atoms with E-state index in [2.05, 4.69) is 20.6 Å². The molecule has 0 saturated carbocycles. The first kappa shape index (κ1) is 24.4. The number of hydrogen-bond donors (Lipinski definition) is 3. The molecule has 1 aromatic carbocycles. The summed E-state index contributed by atoms with van der Waals surface area (Å²) in [5, 5.41) is 19.2. The molecule has 0 radical (unpaired) electrons. The monoisotopic (exact) mass is 523 g/mol. The van der Waals surface area contributed by atoms with Gasteiger partial charge in [0.05, 0.1) is 12.2 Å². The van der Waals surface area contributed by atoms with E-state index in [1.807, 2.05) is 31.3 Å². The summed E-state index contributed by atoms with van der Waals surface area (Å²) in [7, 11) is 3.90. The summed E-state index contributed by atoms with van der Waals surface area (Å²) < 4.78 is 18.3. The van der Waals surface area contributed by atoms with Crippen LogP contribution in [0.15, 0.2) is 34.6 Å². The average molecular weight is 523 g/mol. The van der Waals surface area contributed by atoms with Crippen LogP contribution in [0.25, 0.3) is 0 Å². The minimum atomic E-state index is -0.737.